The zero-order valence-electron chi connectivity index (χ0n) is 21.7. The summed E-state index contributed by atoms with van der Waals surface area (Å²) in [4.78, 5) is 27.9. The third-order valence-electron chi connectivity index (χ3n) is 6.93. The van der Waals surface area contributed by atoms with Gasteiger partial charge in [-0.1, -0.05) is 25.0 Å². The highest BCUT2D eigenvalue weighted by Crippen LogP contribution is 2.36. The predicted molar refractivity (Wildman–Crippen MR) is 141 cm³/mol. The number of halogens is 1. The Kier molecular flexibility index (Phi) is 8.76. The first-order valence-electron chi connectivity index (χ1n) is 12.8. The van der Waals surface area contributed by atoms with E-state index in [1.54, 1.807) is 37.3 Å². The minimum Gasteiger partial charge on any atom is -0.454 e. The van der Waals surface area contributed by atoms with Gasteiger partial charge in [-0.25, -0.2) is 12.8 Å². The van der Waals surface area contributed by atoms with Gasteiger partial charge in [0.05, 0.1) is 11.9 Å². The molecule has 1 aliphatic heterocycles. The van der Waals surface area contributed by atoms with Crippen molar-refractivity contribution in [3.8, 4) is 11.5 Å². The Morgan fingerprint density at radius 2 is 1.76 bits per heavy atom. The zero-order chi connectivity index (χ0) is 27.3. The van der Waals surface area contributed by atoms with E-state index in [1.807, 2.05) is 0 Å². The maximum Gasteiger partial charge on any atom is 0.242 e. The maximum atomic E-state index is 13.4. The predicted octanol–water partition coefficient (Wildman–Crippen LogP) is 3.58. The molecule has 0 saturated heterocycles. The molecule has 0 aromatic heterocycles. The van der Waals surface area contributed by atoms with Crippen LogP contribution in [0.2, 0.25) is 0 Å². The van der Waals surface area contributed by atoms with Crippen molar-refractivity contribution in [2.45, 2.75) is 64.1 Å². The van der Waals surface area contributed by atoms with Gasteiger partial charge in [0.1, 0.15) is 11.9 Å². The lowest BCUT2D eigenvalue weighted by molar-refractivity contribution is -0.141. The van der Waals surface area contributed by atoms with E-state index in [0.717, 1.165) is 31.9 Å². The third kappa shape index (κ3) is 6.94. The van der Waals surface area contributed by atoms with Gasteiger partial charge in [-0.2, -0.15) is 0 Å². The van der Waals surface area contributed by atoms with Gasteiger partial charge >= 0.3 is 0 Å². The second kappa shape index (κ2) is 12.0. The minimum atomic E-state index is -3.64. The largest absolute Gasteiger partial charge is 0.454 e. The van der Waals surface area contributed by atoms with Crippen LogP contribution in [0.5, 0.6) is 11.5 Å². The summed E-state index contributed by atoms with van der Waals surface area (Å²) < 4.78 is 50.4. The van der Waals surface area contributed by atoms with Gasteiger partial charge in [0.2, 0.25) is 28.6 Å². The molecule has 0 unspecified atom stereocenters. The summed E-state index contributed by atoms with van der Waals surface area (Å²) in [5.41, 5.74) is 1.11. The Bertz CT molecular complexity index is 1250. The number of fused-ring (bicyclic) bond motifs is 1. The molecule has 4 rings (SSSR count). The highest BCUT2D eigenvalue weighted by Gasteiger charge is 2.29. The molecule has 11 heteroatoms. The molecule has 1 N–H and O–H groups in total. The normalized spacial score (nSPS) is 15.8. The van der Waals surface area contributed by atoms with Crippen molar-refractivity contribution in [2.24, 2.45) is 0 Å². The van der Waals surface area contributed by atoms with Gasteiger partial charge in [0.15, 0.2) is 11.5 Å². The van der Waals surface area contributed by atoms with Crippen molar-refractivity contribution in [3.05, 3.63) is 53.8 Å². The molecule has 38 heavy (non-hydrogen) atoms. The number of hydrogen-bond acceptors (Lipinski definition) is 6. The fourth-order valence-electron chi connectivity index (χ4n) is 4.81. The maximum absolute atomic E-state index is 13.4. The van der Waals surface area contributed by atoms with Gasteiger partial charge in [-0.3, -0.25) is 13.9 Å². The Morgan fingerprint density at radius 3 is 2.45 bits per heavy atom. The van der Waals surface area contributed by atoms with Crippen molar-refractivity contribution in [2.75, 3.05) is 23.9 Å². The first kappa shape index (κ1) is 27.7. The monoisotopic (exact) mass is 547 g/mol. The first-order valence-corrected chi connectivity index (χ1v) is 14.7. The van der Waals surface area contributed by atoms with Crippen LogP contribution in [-0.4, -0.2) is 56.8 Å². The molecule has 0 radical (unpaired) electrons. The highest BCUT2D eigenvalue weighted by atomic mass is 32.2. The van der Waals surface area contributed by atoms with Crippen LogP contribution < -0.4 is 19.1 Å². The van der Waals surface area contributed by atoms with Crippen molar-refractivity contribution in [3.63, 3.8) is 0 Å². The first-order chi connectivity index (χ1) is 18.1. The lowest BCUT2D eigenvalue weighted by Gasteiger charge is -2.30. The fourth-order valence-corrected chi connectivity index (χ4v) is 5.76. The molecule has 2 aliphatic rings. The number of carbonyl (C=O) groups is 2. The Hall–Kier alpha value is -3.34. The van der Waals surface area contributed by atoms with Crippen LogP contribution in [0.15, 0.2) is 42.5 Å². The molecule has 1 atom stereocenters. The number of rotatable bonds is 11. The summed E-state index contributed by atoms with van der Waals surface area (Å²) in [5.74, 6) is 0.0922. The number of benzene rings is 2. The lowest BCUT2D eigenvalue weighted by atomic mass is 10.1. The smallest absolute Gasteiger partial charge is 0.242 e. The number of amides is 2. The van der Waals surface area contributed by atoms with E-state index in [-0.39, 0.29) is 56.4 Å². The van der Waals surface area contributed by atoms with E-state index in [2.05, 4.69) is 5.32 Å². The van der Waals surface area contributed by atoms with Gasteiger partial charge < -0.3 is 19.7 Å². The standard InChI is InChI=1S/C27H34FN3O6S/c1-19(27(33)29-22-6-3-4-7-22)30(17-20-9-11-21(28)12-10-20)26(32)8-5-15-31(38(2,34)35)23-13-14-24-25(16-23)37-18-36-24/h9-14,16,19,22H,3-8,15,17-18H2,1-2H3,(H,29,33)/t19-/m1/s1. The topological polar surface area (TPSA) is 105 Å². The van der Waals surface area contributed by atoms with E-state index >= 15 is 0 Å². The van der Waals surface area contributed by atoms with E-state index in [0.29, 0.717) is 22.7 Å². The van der Waals surface area contributed by atoms with E-state index < -0.39 is 16.1 Å². The number of carbonyl (C=O) groups excluding carboxylic acids is 2. The van der Waals surface area contributed by atoms with Crippen LogP contribution in [0.1, 0.15) is 51.0 Å². The number of nitrogens with one attached hydrogen (secondary N) is 1. The van der Waals surface area contributed by atoms with E-state index in [9.17, 15) is 22.4 Å². The second-order valence-corrected chi connectivity index (χ2v) is 11.7. The van der Waals surface area contributed by atoms with E-state index in [4.69, 9.17) is 9.47 Å². The molecule has 1 heterocycles. The van der Waals surface area contributed by atoms with Gasteiger partial charge in [0, 0.05) is 31.6 Å². The second-order valence-electron chi connectivity index (χ2n) is 9.79. The summed E-state index contributed by atoms with van der Waals surface area (Å²) in [6, 6.07) is 10.0. The van der Waals surface area contributed by atoms with Crippen molar-refractivity contribution in [1.29, 1.82) is 0 Å². The molecule has 1 saturated carbocycles. The van der Waals surface area contributed by atoms with Gasteiger partial charge in [0.25, 0.3) is 0 Å². The van der Waals surface area contributed by atoms with Crippen molar-refractivity contribution < 1.29 is 31.9 Å². The average molecular weight is 548 g/mol. The molecule has 1 fully saturated rings. The molecule has 0 bridgehead atoms. The Morgan fingerprint density at radius 1 is 1.08 bits per heavy atom. The average Bonchev–Trinajstić information content (AvgIpc) is 3.56. The lowest BCUT2D eigenvalue weighted by Crippen LogP contribution is -2.49. The van der Waals surface area contributed by atoms with Crippen molar-refractivity contribution in [1.82, 2.24) is 10.2 Å². The molecule has 2 aromatic rings. The number of anilines is 1. The van der Waals surface area contributed by atoms with Crippen LogP contribution in [0.25, 0.3) is 0 Å². The molecule has 1 aliphatic carbocycles. The Labute approximate surface area is 222 Å². The van der Waals surface area contributed by atoms with Gasteiger partial charge in [-0.15, -0.1) is 0 Å². The molecule has 206 valence electrons. The number of hydrogen-bond donors (Lipinski definition) is 1. The minimum absolute atomic E-state index is 0.0266. The van der Waals surface area contributed by atoms with Crippen LogP contribution in [0.4, 0.5) is 10.1 Å². The molecular formula is C27H34FN3O6S. The fraction of sp³-hybridized carbons (Fsp3) is 0.481. The molecular weight excluding hydrogens is 513 g/mol. The molecule has 0 spiro atoms. The summed E-state index contributed by atoms with van der Waals surface area (Å²) in [7, 11) is -3.64. The summed E-state index contributed by atoms with van der Waals surface area (Å²) >= 11 is 0. The summed E-state index contributed by atoms with van der Waals surface area (Å²) in [5, 5.41) is 3.04. The Balaban J connectivity index is 1.44. The molecule has 2 amide bonds. The number of ether oxygens (including phenoxy) is 2. The molecule has 9 nitrogen and oxygen atoms in total. The summed E-state index contributed by atoms with van der Waals surface area (Å²) in [6.07, 6.45) is 5.35. The summed E-state index contributed by atoms with van der Waals surface area (Å²) in [6.45, 7) is 1.96. The quantitative estimate of drug-likeness (QED) is 0.461. The number of sulfonamides is 1. The zero-order valence-corrected chi connectivity index (χ0v) is 22.5. The highest BCUT2D eigenvalue weighted by molar-refractivity contribution is 7.92. The van der Waals surface area contributed by atoms with Crippen LogP contribution >= 0.6 is 0 Å². The van der Waals surface area contributed by atoms with Gasteiger partial charge in [-0.05, 0) is 56.0 Å². The van der Waals surface area contributed by atoms with Crippen LogP contribution in [-0.2, 0) is 26.2 Å². The van der Waals surface area contributed by atoms with Crippen LogP contribution in [0, 0.1) is 5.82 Å². The van der Waals surface area contributed by atoms with Crippen LogP contribution in [0.3, 0.4) is 0 Å². The van der Waals surface area contributed by atoms with E-state index in [1.165, 1.54) is 21.3 Å². The van der Waals surface area contributed by atoms with Crippen molar-refractivity contribution >= 4 is 27.5 Å². The number of nitrogens with zero attached hydrogens (tertiary/aromatic N) is 2. The third-order valence-corrected chi connectivity index (χ3v) is 8.13. The molecule has 2 aromatic carbocycles. The SMILES string of the molecule is C[C@H](C(=O)NC1CCCC1)N(Cc1ccc(F)cc1)C(=O)CCCN(c1ccc2c(c1)OCO2)S(C)(=O)=O.